The van der Waals surface area contributed by atoms with Crippen LogP contribution in [0.2, 0.25) is 5.02 Å². The van der Waals surface area contributed by atoms with E-state index in [1.54, 1.807) is 18.9 Å². The van der Waals surface area contributed by atoms with Crippen molar-refractivity contribution in [2.24, 2.45) is 0 Å². The molecule has 9 nitrogen and oxygen atoms in total. The highest BCUT2D eigenvalue weighted by molar-refractivity contribution is 7.89. The summed E-state index contributed by atoms with van der Waals surface area (Å²) in [6.45, 7) is 2.41. The van der Waals surface area contributed by atoms with Gasteiger partial charge in [-0.05, 0) is 30.7 Å². The Kier molecular flexibility index (Phi) is 6.51. The van der Waals surface area contributed by atoms with Gasteiger partial charge >= 0.3 is 0 Å². The fraction of sp³-hybridized carbons (Fsp3) is 0.364. The van der Waals surface area contributed by atoms with E-state index in [9.17, 15) is 18.0 Å². The van der Waals surface area contributed by atoms with Crippen LogP contribution in [0.1, 0.15) is 12.5 Å². The fourth-order valence-corrected chi connectivity index (χ4v) is 5.73. The molecule has 4 rings (SSSR count). The summed E-state index contributed by atoms with van der Waals surface area (Å²) in [5.41, 5.74) is 1.16. The Morgan fingerprint density at radius 3 is 2.64 bits per heavy atom. The lowest BCUT2D eigenvalue weighted by Crippen LogP contribution is -2.50. The van der Waals surface area contributed by atoms with Gasteiger partial charge in [0.15, 0.2) is 6.10 Å². The third-order valence-corrected chi connectivity index (χ3v) is 8.03. The molecule has 1 atom stereocenters. The number of amides is 2. The Morgan fingerprint density at radius 2 is 1.94 bits per heavy atom. The van der Waals surface area contributed by atoms with E-state index in [-0.39, 0.29) is 60.1 Å². The van der Waals surface area contributed by atoms with Gasteiger partial charge in [0.1, 0.15) is 16.4 Å². The highest BCUT2D eigenvalue weighted by Gasteiger charge is 2.34. The smallest absolute Gasteiger partial charge is 0.265 e. The molecular formula is C22H24ClN3O6S. The minimum absolute atomic E-state index is 0.0104. The zero-order chi connectivity index (χ0) is 23.8. The van der Waals surface area contributed by atoms with Crippen LogP contribution in [0, 0.1) is 0 Å². The van der Waals surface area contributed by atoms with E-state index in [1.807, 2.05) is 24.3 Å². The highest BCUT2D eigenvalue weighted by Crippen LogP contribution is 2.38. The van der Waals surface area contributed by atoms with Crippen LogP contribution in [-0.2, 0) is 26.0 Å². The Labute approximate surface area is 197 Å². The number of rotatable bonds is 5. The van der Waals surface area contributed by atoms with Crippen molar-refractivity contribution in [3.63, 3.8) is 0 Å². The molecule has 2 amide bonds. The van der Waals surface area contributed by atoms with E-state index < -0.39 is 16.1 Å². The van der Waals surface area contributed by atoms with Crippen molar-refractivity contribution >= 4 is 39.1 Å². The number of hydrogen-bond acceptors (Lipinski definition) is 6. The van der Waals surface area contributed by atoms with Crippen LogP contribution < -0.4 is 14.8 Å². The van der Waals surface area contributed by atoms with Crippen LogP contribution in [-0.4, -0.2) is 68.8 Å². The second-order valence-corrected chi connectivity index (χ2v) is 10.2. The Morgan fingerprint density at radius 1 is 1.21 bits per heavy atom. The molecule has 11 heteroatoms. The number of halogens is 1. The van der Waals surface area contributed by atoms with Gasteiger partial charge < -0.3 is 19.7 Å². The van der Waals surface area contributed by atoms with Crippen LogP contribution in [0.15, 0.2) is 41.3 Å². The first kappa shape index (κ1) is 23.3. The van der Waals surface area contributed by atoms with Crippen molar-refractivity contribution in [1.82, 2.24) is 9.21 Å². The minimum Gasteiger partial charge on any atom is -0.497 e. The van der Waals surface area contributed by atoms with Gasteiger partial charge in [0.25, 0.3) is 5.91 Å². The Bertz CT molecular complexity index is 1190. The number of methoxy groups -OCH3 is 1. The second-order valence-electron chi connectivity index (χ2n) is 7.84. The number of nitrogens with one attached hydrogen (secondary N) is 1. The molecule has 0 aromatic heterocycles. The first-order valence-corrected chi connectivity index (χ1v) is 12.2. The molecule has 0 aliphatic carbocycles. The summed E-state index contributed by atoms with van der Waals surface area (Å²) in [6.07, 6.45) is -0.532. The van der Waals surface area contributed by atoms with Gasteiger partial charge in [-0.3, -0.25) is 9.59 Å². The van der Waals surface area contributed by atoms with Crippen LogP contribution in [0.3, 0.4) is 0 Å². The zero-order valence-corrected chi connectivity index (χ0v) is 19.8. The van der Waals surface area contributed by atoms with E-state index in [0.29, 0.717) is 11.4 Å². The molecule has 0 unspecified atom stereocenters. The molecule has 0 bridgehead atoms. The summed E-state index contributed by atoms with van der Waals surface area (Å²) in [5.74, 6) is 0.516. The van der Waals surface area contributed by atoms with Gasteiger partial charge in [0.2, 0.25) is 15.9 Å². The lowest BCUT2D eigenvalue weighted by molar-refractivity contribution is -0.131. The molecule has 2 aromatic carbocycles. The summed E-state index contributed by atoms with van der Waals surface area (Å²) in [6, 6.07) is 10.0. The molecule has 1 N–H and O–H groups in total. The molecule has 176 valence electrons. The topological polar surface area (TPSA) is 105 Å². The summed E-state index contributed by atoms with van der Waals surface area (Å²) in [7, 11) is -2.35. The SMILES string of the molecule is COc1cccc(CC(=O)N2CCN(S(=O)(=O)c3cc4c(cc3Cl)NC(=O)[C@@H](C)O4)CC2)c1. The van der Waals surface area contributed by atoms with E-state index in [0.717, 1.165) is 5.56 Å². The van der Waals surface area contributed by atoms with Gasteiger partial charge in [-0.1, -0.05) is 23.7 Å². The van der Waals surface area contributed by atoms with Crippen LogP contribution >= 0.6 is 11.6 Å². The minimum atomic E-state index is -3.92. The maximum absolute atomic E-state index is 13.3. The molecular weight excluding hydrogens is 470 g/mol. The number of nitrogens with zero attached hydrogens (tertiary/aromatic N) is 2. The molecule has 2 aliphatic rings. The molecule has 0 radical (unpaired) electrons. The summed E-state index contributed by atoms with van der Waals surface area (Å²) in [4.78, 5) is 26.1. The van der Waals surface area contributed by atoms with Crippen molar-refractivity contribution < 1.29 is 27.5 Å². The van der Waals surface area contributed by atoms with Gasteiger partial charge in [-0.15, -0.1) is 0 Å². The lowest BCUT2D eigenvalue weighted by Gasteiger charge is -2.34. The van der Waals surface area contributed by atoms with Crippen LogP contribution in [0.25, 0.3) is 0 Å². The number of hydrogen-bond donors (Lipinski definition) is 1. The maximum Gasteiger partial charge on any atom is 0.265 e. The number of carbonyl (C=O) groups excluding carboxylic acids is 2. The fourth-order valence-electron chi connectivity index (χ4n) is 3.79. The number of anilines is 1. The predicted octanol–water partition coefficient (Wildman–Crippen LogP) is 2.14. The molecule has 2 heterocycles. The van der Waals surface area contributed by atoms with Gasteiger partial charge in [0, 0.05) is 32.2 Å². The molecule has 1 saturated heterocycles. The second kappa shape index (κ2) is 9.20. The highest BCUT2D eigenvalue weighted by atomic mass is 35.5. The van der Waals surface area contributed by atoms with Crippen molar-refractivity contribution in [2.45, 2.75) is 24.3 Å². The standard InChI is InChI=1S/C22H24ClN3O6S/c1-14-22(28)24-18-12-17(23)20(13-19(18)32-14)33(29,30)26-8-6-25(7-9-26)21(27)11-15-4-3-5-16(10-15)31-2/h3-5,10,12-14H,6-9,11H2,1-2H3,(H,24,28)/t14-/m1/s1. The third-order valence-electron chi connectivity index (χ3n) is 5.66. The van der Waals surface area contributed by atoms with Crippen molar-refractivity contribution in [2.75, 3.05) is 38.6 Å². The molecule has 2 aromatic rings. The average molecular weight is 494 g/mol. The van der Waals surface area contributed by atoms with Gasteiger partial charge in [-0.2, -0.15) is 4.31 Å². The summed E-state index contributed by atoms with van der Waals surface area (Å²) in [5, 5.41) is 2.63. The average Bonchev–Trinajstić information content (AvgIpc) is 2.80. The first-order valence-electron chi connectivity index (χ1n) is 10.4. The number of fused-ring (bicyclic) bond motifs is 1. The quantitative estimate of drug-likeness (QED) is 0.684. The Hall–Kier alpha value is -2.82. The van der Waals surface area contributed by atoms with Gasteiger partial charge in [0.05, 0.1) is 24.2 Å². The van der Waals surface area contributed by atoms with Crippen LogP contribution in [0.4, 0.5) is 5.69 Å². The normalized spacial score (nSPS) is 18.8. The van der Waals surface area contributed by atoms with E-state index >= 15 is 0 Å². The van der Waals surface area contributed by atoms with Crippen molar-refractivity contribution in [3.8, 4) is 11.5 Å². The summed E-state index contributed by atoms with van der Waals surface area (Å²) < 4.78 is 38.5. The van der Waals surface area contributed by atoms with E-state index in [1.165, 1.54) is 16.4 Å². The van der Waals surface area contributed by atoms with Crippen molar-refractivity contribution in [1.29, 1.82) is 0 Å². The monoisotopic (exact) mass is 493 g/mol. The molecule has 0 saturated carbocycles. The summed E-state index contributed by atoms with van der Waals surface area (Å²) >= 11 is 6.26. The number of piperazine rings is 1. The first-order chi connectivity index (χ1) is 15.7. The number of benzene rings is 2. The van der Waals surface area contributed by atoms with Crippen LogP contribution in [0.5, 0.6) is 11.5 Å². The maximum atomic E-state index is 13.3. The molecule has 2 aliphatic heterocycles. The lowest BCUT2D eigenvalue weighted by atomic mass is 10.1. The number of carbonyl (C=O) groups is 2. The zero-order valence-electron chi connectivity index (χ0n) is 18.2. The Balaban J connectivity index is 1.44. The molecule has 33 heavy (non-hydrogen) atoms. The van der Waals surface area contributed by atoms with Gasteiger partial charge in [-0.25, -0.2) is 8.42 Å². The largest absolute Gasteiger partial charge is 0.497 e. The van der Waals surface area contributed by atoms with E-state index in [4.69, 9.17) is 21.1 Å². The van der Waals surface area contributed by atoms with Crippen molar-refractivity contribution in [3.05, 3.63) is 47.0 Å². The number of sulfonamides is 1. The predicted molar refractivity (Wildman–Crippen MR) is 122 cm³/mol. The number of ether oxygens (including phenoxy) is 2. The molecule has 1 fully saturated rings. The third kappa shape index (κ3) is 4.78. The molecule has 0 spiro atoms. The van der Waals surface area contributed by atoms with E-state index in [2.05, 4.69) is 5.32 Å².